The van der Waals surface area contributed by atoms with E-state index in [1.807, 2.05) is 0 Å². The smallest absolute Gasteiger partial charge is 0.293 e. The summed E-state index contributed by atoms with van der Waals surface area (Å²) in [6.07, 6.45) is 1.48. The molecule has 0 unspecified atom stereocenters. The van der Waals surface area contributed by atoms with Crippen LogP contribution in [-0.4, -0.2) is 28.6 Å². The molecule has 2 N–H and O–H groups in total. The Morgan fingerprint density at radius 3 is 2.68 bits per heavy atom. The van der Waals surface area contributed by atoms with E-state index in [1.54, 1.807) is 24.3 Å². The number of nitrogens with zero attached hydrogens (tertiary/aromatic N) is 1. The van der Waals surface area contributed by atoms with E-state index in [0.717, 1.165) is 16.7 Å². The lowest BCUT2D eigenvalue weighted by atomic mass is 10.1. The van der Waals surface area contributed by atoms with Crippen LogP contribution in [0.5, 0.6) is 5.75 Å². The summed E-state index contributed by atoms with van der Waals surface area (Å²) in [7, 11) is 0. The number of benzene rings is 2. The molecular formula is C19H14ClFN2O4S. The zero-order valence-electron chi connectivity index (χ0n) is 14.4. The summed E-state index contributed by atoms with van der Waals surface area (Å²) in [6.45, 7) is -0.592. The van der Waals surface area contributed by atoms with Crippen LogP contribution in [0.25, 0.3) is 6.08 Å². The Labute approximate surface area is 169 Å². The Hall–Kier alpha value is -2.84. The molecule has 1 aliphatic rings. The number of primary amides is 1. The van der Waals surface area contributed by atoms with Crippen LogP contribution in [0.4, 0.5) is 9.18 Å². The number of carbonyl (C=O) groups excluding carboxylic acids is 3. The lowest BCUT2D eigenvalue weighted by molar-refractivity contribution is -0.123. The maximum atomic E-state index is 14.0. The fourth-order valence-corrected chi connectivity index (χ4v) is 3.55. The summed E-state index contributed by atoms with van der Waals surface area (Å²) >= 11 is 6.71. The van der Waals surface area contributed by atoms with Crippen LogP contribution in [0.15, 0.2) is 47.4 Å². The zero-order valence-corrected chi connectivity index (χ0v) is 15.9. The van der Waals surface area contributed by atoms with Gasteiger partial charge in [0.25, 0.3) is 17.1 Å². The van der Waals surface area contributed by atoms with Crippen LogP contribution < -0.4 is 10.5 Å². The minimum Gasteiger partial charge on any atom is -0.483 e. The molecule has 0 radical (unpaired) electrons. The number of ether oxygens (including phenoxy) is 1. The van der Waals surface area contributed by atoms with Gasteiger partial charge in [0.1, 0.15) is 11.6 Å². The minimum absolute atomic E-state index is 0.0675. The molecule has 0 saturated carbocycles. The minimum atomic E-state index is -0.642. The van der Waals surface area contributed by atoms with Gasteiger partial charge < -0.3 is 10.5 Å². The molecule has 1 aliphatic heterocycles. The van der Waals surface area contributed by atoms with E-state index >= 15 is 0 Å². The molecule has 0 bridgehead atoms. The number of rotatable bonds is 6. The topological polar surface area (TPSA) is 89.7 Å². The van der Waals surface area contributed by atoms with Crippen LogP contribution in [0, 0.1) is 5.82 Å². The van der Waals surface area contributed by atoms with Crippen LogP contribution in [0.2, 0.25) is 5.02 Å². The van der Waals surface area contributed by atoms with Gasteiger partial charge in [0.15, 0.2) is 6.61 Å². The monoisotopic (exact) mass is 420 g/mol. The van der Waals surface area contributed by atoms with E-state index in [-0.39, 0.29) is 28.6 Å². The van der Waals surface area contributed by atoms with Crippen molar-refractivity contribution in [3.8, 4) is 5.75 Å². The van der Waals surface area contributed by atoms with Crippen molar-refractivity contribution in [2.24, 2.45) is 5.73 Å². The number of amides is 3. The van der Waals surface area contributed by atoms with E-state index in [9.17, 15) is 18.8 Å². The van der Waals surface area contributed by atoms with Gasteiger partial charge in [0.2, 0.25) is 0 Å². The predicted octanol–water partition coefficient (Wildman–Crippen LogP) is 3.58. The molecule has 2 aromatic rings. The fourth-order valence-electron chi connectivity index (χ4n) is 2.50. The number of hydrogen-bond acceptors (Lipinski definition) is 5. The third kappa shape index (κ3) is 4.35. The maximum absolute atomic E-state index is 14.0. The van der Waals surface area contributed by atoms with Gasteiger partial charge in [-0.2, -0.15) is 0 Å². The molecule has 9 heteroatoms. The normalized spacial score (nSPS) is 15.4. The molecule has 28 heavy (non-hydrogen) atoms. The molecule has 2 aromatic carbocycles. The average molecular weight is 421 g/mol. The Morgan fingerprint density at radius 1 is 1.21 bits per heavy atom. The van der Waals surface area contributed by atoms with Gasteiger partial charge in [-0.15, -0.1) is 0 Å². The molecule has 0 aromatic heterocycles. The highest BCUT2D eigenvalue weighted by Gasteiger charge is 2.36. The van der Waals surface area contributed by atoms with Crippen molar-refractivity contribution in [1.82, 2.24) is 4.90 Å². The number of imide groups is 1. The van der Waals surface area contributed by atoms with Crippen LogP contribution in [-0.2, 0) is 16.1 Å². The van der Waals surface area contributed by atoms with E-state index in [1.165, 1.54) is 24.3 Å². The van der Waals surface area contributed by atoms with Crippen molar-refractivity contribution in [1.29, 1.82) is 0 Å². The third-order valence-electron chi connectivity index (χ3n) is 3.83. The van der Waals surface area contributed by atoms with Gasteiger partial charge in [-0.1, -0.05) is 35.9 Å². The molecule has 1 heterocycles. The summed E-state index contributed by atoms with van der Waals surface area (Å²) in [5.74, 6) is -1.47. The Bertz CT molecular complexity index is 975. The highest BCUT2D eigenvalue weighted by atomic mass is 35.5. The quantitative estimate of drug-likeness (QED) is 0.721. The lowest BCUT2D eigenvalue weighted by Gasteiger charge is -2.14. The third-order valence-corrected chi connectivity index (χ3v) is 5.09. The second-order valence-electron chi connectivity index (χ2n) is 5.76. The molecule has 0 atom stereocenters. The van der Waals surface area contributed by atoms with E-state index in [2.05, 4.69) is 0 Å². The molecule has 0 aliphatic carbocycles. The highest BCUT2D eigenvalue weighted by molar-refractivity contribution is 8.18. The highest BCUT2D eigenvalue weighted by Crippen LogP contribution is 2.35. The SMILES string of the molecule is NC(=O)COc1ccccc1/C=C1\SC(=O)N(Cc2c(F)cccc2Cl)C1=O. The van der Waals surface area contributed by atoms with Crippen molar-refractivity contribution in [2.75, 3.05) is 6.61 Å². The van der Waals surface area contributed by atoms with Gasteiger partial charge >= 0.3 is 0 Å². The second-order valence-corrected chi connectivity index (χ2v) is 7.16. The van der Waals surface area contributed by atoms with E-state index in [4.69, 9.17) is 22.1 Å². The van der Waals surface area contributed by atoms with Crippen LogP contribution in [0.1, 0.15) is 11.1 Å². The van der Waals surface area contributed by atoms with Gasteiger partial charge in [-0.25, -0.2) is 4.39 Å². The van der Waals surface area contributed by atoms with E-state index < -0.39 is 22.9 Å². The number of hydrogen-bond donors (Lipinski definition) is 1. The first-order valence-corrected chi connectivity index (χ1v) is 9.24. The first-order chi connectivity index (χ1) is 13.4. The predicted molar refractivity (Wildman–Crippen MR) is 104 cm³/mol. The molecule has 1 saturated heterocycles. The molecule has 6 nitrogen and oxygen atoms in total. The van der Waals surface area contributed by atoms with Crippen LogP contribution in [0.3, 0.4) is 0 Å². The number of thioether (sulfide) groups is 1. The molecule has 0 spiro atoms. The standard InChI is InChI=1S/C19H14ClFN2O4S/c20-13-5-3-6-14(21)12(13)9-23-18(25)16(28-19(23)26)8-11-4-1-2-7-15(11)27-10-17(22)24/h1-8H,9-10H2,(H2,22,24)/b16-8-. The number of nitrogens with two attached hydrogens (primary N) is 1. The van der Waals surface area contributed by atoms with Crippen LogP contribution >= 0.6 is 23.4 Å². The lowest BCUT2D eigenvalue weighted by Crippen LogP contribution is -2.28. The average Bonchev–Trinajstić information content (AvgIpc) is 2.91. The molecule has 1 fully saturated rings. The second kappa shape index (κ2) is 8.45. The van der Waals surface area contributed by atoms with Crippen molar-refractivity contribution >= 4 is 46.5 Å². The summed E-state index contributed by atoms with van der Waals surface area (Å²) in [5, 5.41) is -0.403. The molecule has 3 amide bonds. The van der Waals surface area contributed by atoms with Crippen molar-refractivity contribution in [2.45, 2.75) is 6.54 Å². The maximum Gasteiger partial charge on any atom is 0.293 e. The fraction of sp³-hybridized carbons (Fsp3) is 0.105. The zero-order chi connectivity index (χ0) is 20.3. The van der Waals surface area contributed by atoms with Crippen molar-refractivity contribution < 1.29 is 23.5 Å². The first-order valence-electron chi connectivity index (χ1n) is 8.05. The molecule has 3 rings (SSSR count). The summed E-state index contributed by atoms with van der Waals surface area (Å²) in [5.41, 5.74) is 5.65. The summed E-state index contributed by atoms with van der Waals surface area (Å²) in [6, 6.07) is 10.8. The largest absolute Gasteiger partial charge is 0.483 e. The number of para-hydroxylation sites is 1. The van der Waals surface area contributed by atoms with Crippen molar-refractivity contribution in [3.63, 3.8) is 0 Å². The Morgan fingerprint density at radius 2 is 1.96 bits per heavy atom. The van der Waals surface area contributed by atoms with Gasteiger partial charge in [0, 0.05) is 16.1 Å². The van der Waals surface area contributed by atoms with E-state index in [0.29, 0.717) is 11.3 Å². The Balaban J connectivity index is 1.85. The number of halogens is 2. The first kappa shape index (κ1) is 19.9. The molecule has 144 valence electrons. The molecular weight excluding hydrogens is 407 g/mol. The van der Waals surface area contributed by atoms with Gasteiger partial charge in [0.05, 0.1) is 11.4 Å². The summed E-state index contributed by atoms with van der Waals surface area (Å²) in [4.78, 5) is 36.9. The Kier molecular flexibility index (Phi) is 6.01. The van der Waals surface area contributed by atoms with Gasteiger partial charge in [-0.05, 0) is 36.0 Å². The van der Waals surface area contributed by atoms with Gasteiger partial charge in [-0.3, -0.25) is 19.3 Å². The number of carbonyl (C=O) groups is 3. The van der Waals surface area contributed by atoms with Crippen molar-refractivity contribution in [3.05, 3.63) is 69.3 Å². The summed E-state index contributed by atoms with van der Waals surface area (Å²) < 4.78 is 19.3.